The van der Waals surface area contributed by atoms with Gasteiger partial charge < -0.3 is 0 Å². The third-order valence-corrected chi connectivity index (χ3v) is 6.55. The smallest absolute Gasteiger partial charge is 0.207 e. The predicted octanol–water partition coefficient (Wildman–Crippen LogP) is 3.34. The summed E-state index contributed by atoms with van der Waals surface area (Å²) >= 11 is 13.2. The van der Waals surface area contributed by atoms with Gasteiger partial charge in [0, 0.05) is 34.7 Å². The summed E-state index contributed by atoms with van der Waals surface area (Å²) in [4.78, 5) is -0.389. The van der Waals surface area contributed by atoms with Crippen molar-refractivity contribution in [2.45, 2.75) is 22.9 Å². The molecular formula is C12H14Cl2FNO2S2. The fraction of sp³-hybridized carbons (Fsp3) is 0.500. The molecule has 1 heterocycles. The van der Waals surface area contributed by atoms with Crippen LogP contribution in [0.25, 0.3) is 0 Å². The minimum atomic E-state index is -3.88. The van der Waals surface area contributed by atoms with Crippen LogP contribution in [0.2, 0.25) is 5.02 Å². The van der Waals surface area contributed by atoms with Crippen LogP contribution in [0.5, 0.6) is 0 Å². The first kappa shape index (κ1) is 16.4. The molecule has 1 fully saturated rings. The minimum Gasteiger partial charge on any atom is -0.207 e. The number of hydrogen-bond acceptors (Lipinski definition) is 3. The van der Waals surface area contributed by atoms with Crippen molar-refractivity contribution in [1.82, 2.24) is 4.31 Å². The Labute approximate surface area is 132 Å². The van der Waals surface area contributed by atoms with Crippen molar-refractivity contribution in [3.63, 3.8) is 0 Å². The molecule has 0 radical (unpaired) electrons. The largest absolute Gasteiger partial charge is 0.246 e. The normalized spacial score (nSPS) is 21.1. The Balaban J connectivity index is 2.46. The summed E-state index contributed by atoms with van der Waals surface area (Å²) in [5.41, 5.74) is 0.0946. The average molecular weight is 358 g/mol. The van der Waals surface area contributed by atoms with Gasteiger partial charge in [-0.1, -0.05) is 18.5 Å². The van der Waals surface area contributed by atoms with Gasteiger partial charge in [-0.25, -0.2) is 12.8 Å². The topological polar surface area (TPSA) is 37.4 Å². The monoisotopic (exact) mass is 357 g/mol. The van der Waals surface area contributed by atoms with E-state index in [0.717, 1.165) is 6.07 Å². The zero-order valence-corrected chi connectivity index (χ0v) is 13.9. The highest BCUT2D eigenvalue weighted by Gasteiger charge is 2.32. The second kappa shape index (κ2) is 6.40. The molecular weight excluding hydrogens is 344 g/mol. The first-order valence-electron chi connectivity index (χ1n) is 6.02. The van der Waals surface area contributed by atoms with Crippen molar-refractivity contribution in [2.24, 2.45) is 0 Å². The van der Waals surface area contributed by atoms with Crippen LogP contribution >= 0.6 is 35.0 Å². The van der Waals surface area contributed by atoms with Crippen molar-refractivity contribution in [3.8, 4) is 0 Å². The maximum atomic E-state index is 14.2. The summed E-state index contributed by atoms with van der Waals surface area (Å²) in [7, 11) is -3.88. The Morgan fingerprint density at radius 3 is 2.80 bits per heavy atom. The first-order chi connectivity index (χ1) is 9.36. The van der Waals surface area contributed by atoms with Crippen molar-refractivity contribution in [2.75, 3.05) is 18.8 Å². The van der Waals surface area contributed by atoms with Gasteiger partial charge in [-0.2, -0.15) is 16.1 Å². The van der Waals surface area contributed by atoms with Gasteiger partial charge in [-0.15, -0.1) is 11.6 Å². The molecule has 1 aliphatic rings. The molecule has 3 nitrogen and oxygen atoms in total. The van der Waals surface area contributed by atoms with Gasteiger partial charge in [-0.3, -0.25) is 0 Å². The second-order valence-electron chi connectivity index (χ2n) is 4.56. The van der Waals surface area contributed by atoms with Gasteiger partial charge in [0.15, 0.2) is 0 Å². The number of hydrogen-bond donors (Lipinski definition) is 0. The molecule has 1 saturated heterocycles. The maximum absolute atomic E-state index is 14.2. The van der Waals surface area contributed by atoms with Gasteiger partial charge in [0.2, 0.25) is 10.0 Å². The first-order valence-corrected chi connectivity index (χ1v) is 9.42. The zero-order valence-electron chi connectivity index (χ0n) is 10.8. The number of alkyl halides is 1. The molecule has 1 unspecified atom stereocenters. The molecule has 2 rings (SSSR count). The summed E-state index contributed by atoms with van der Waals surface area (Å²) in [6, 6.07) is 2.49. The molecule has 0 N–H and O–H groups in total. The molecule has 0 spiro atoms. The van der Waals surface area contributed by atoms with Crippen LogP contribution in [-0.4, -0.2) is 36.8 Å². The molecule has 1 aliphatic heterocycles. The van der Waals surface area contributed by atoms with E-state index in [0.29, 0.717) is 18.8 Å². The molecule has 0 saturated carbocycles. The predicted molar refractivity (Wildman–Crippen MR) is 81.6 cm³/mol. The third kappa shape index (κ3) is 3.25. The fourth-order valence-electron chi connectivity index (χ4n) is 2.05. The van der Waals surface area contributed by atoms with Crippen LogP contribution in [0.4, 0.5) is 4.39 Å². The van der Waals surface area contributed by atoms with E-state index < -0.39 is 15.8 Å². The number of halogens is 3. The van der Waals surface area contributed by atoms with Gasteiger partial charge >= 0.3 is 0 Å². The molecule has 0 amide bonds. The summed E-state index contributed by atoms with van der Waals surface area (Å²) < 4.78 is 40.7. The highest BCUT2D eigenvalue weighted by atomic mass is 35.5. The van der Waals surface area contributed by atoms with E-state index in [1.165, 1.54) is 10.4 Å². The Morgan fingerprint density at radius 1 is 1.50 bits per heavy atom. The zero-order chi connectivity index (χ0) is 14.9. The molecule has 1 aromatic carbocycles. The molecule has 112 valence electrons. The molecule has 0 bridgehead atoms. The van der Waals surface area contributed by atoms with Crippen molar-refractivity contribution < 1.29 is 12.8 Å². The molecule has 8 heteroatoms. The lowest BCUT2D eigenvalue weighted by Crippen LogP contribution is -2.41. The molecule has 0 aliphatic carbocycles. The standard InChI is InChI=1S/C12H14Cl2FNO2S2/c1-8-7-16(2-3-19-8)20(17,18)11-5-10(14)4-9(6-13)12(11)15/h4-5,8H,2-3,6-7H2,1H3. The lowest BCUT2D eigenvalue weighted by molar-refractivity contribution is 0.419. The van der Waals surface area contributed by atoms with Crippen LogP contribution in [-0.2, 0) is 15.9 Å². The van der Waals surface area contributed by atoms with Crippen LogP contribution in [0.15, 0.2) is 17.0 Å². The van der Waals surface area contributed by atoms with E-state index in [4.69, 9.17) is 23.2 Å². The summed E-state index contributed by atoms with van der Waals surface area (Å²) in [5.74, 6) is -0.234. The number of sulfonamides is 1. The minimum absolute atomic E-state index is 0.0946. The van der Waals surface area contributed by atoms with Crippen LogP contribution in [0, 0.1) is 5.82 Å². The highest BCUT2D eigenvalue weighted by molar-refractivity contribution is 8.00. The Hall–Kier alpha value is -0.0100. The third-order valence-electron chi connectivity index (χ3n) is 3.04. The van der Waals surface area contributed by atoms with Gasteiger partial charge in [0.25, 0.3) is 0 Å². The Bertz CT molecular complexity index is 610. The average Bonchev–Trinajstić information content (AvgIpc) is 2.40. The van der Waals surface area contributed by atoms with Gasteiger partial charge in [0.1, 0.15) is 10.7 Å². The molecule has 20 heavy (non-hydrogen) atoms. The van der Waals surface area contributed by atoms with Crippen LogP contribution in [0.1, 0.15) is 12.5 Å². The van der Waals surface area contributed by atoms with E-state index in [1.807, 2.05) is 6.92 Å². The number of benzene rings is 1. The lowest BCUT2D eigenvalue weighted by Gasteiger charge is -2.30. The van der Waals surface area contributed by atoms with E-state index in [1.54, 1.807) is 11.8 Å². The number of rotatable bonds is 3. The van der Waals surface area contributed by atoms with Crippen LogP contribution in [0.3, 0.4) is 0 Å². The van der Waals surface area contributed by atoms with Crippen molar-refractivity contribution >= 4 is 45.0 Å². The fourth-order valence-corrected chi connectivity index (χ4v) is 5.43. The SMILES string of the molecule is CC1CN(S(=O)(=O)c2cc(Cl)cc(CCl)c2F)CCS1. The van der Waals surface area contributed by atoms with Crippen molar-refractivity contribution in [3.05, 3.63) is 28.5 Å². The summed E-state index contributed by atoms with van der Waals surface area (Å²) in [5, 5.41) is 0.355. The van der Waals surface area contributed by atoms with E-state index >= 15 is 0 Å². The van der Waals surface area contributed by atoms with Crippen LogP contribution < -0.4 is 0 Å². The maximum Gasteiger partial charge on any atom is 0.246 e. The number of thioether (sulfide) groups is 1. The molecule has 1 atom stereocenters. The summed E-state index contributed by atoms with van der Waals surface area (Å²) in [6.45, 7) is 2.69. The Kier molecular flexibility index (Phi) is 5.24. The molecule has 0 aromatic heterocycles. The van der Waals surface area contributed by atoms with E-state index in [9.17, 15) is 12.8 Å². The Morgan fingerprint density at radius 2 is 2.20 bits per heavy atom. The summed E-state index contributed by atoms with van der Waals surface area (Å²) in [6.07, 6.45) is 0. The van der Waals surface area contributed by atoms with Crippen molar-refractivity contribution in [1.29, 1.82) is 0 Å². The quantitative estimate of drug-likeness (QED) is 0.778. The number of nitrogens with zero attached hydrogens (tertiary/aromatic N) is 1. The lowest BCUT2D eigenvalue weighted by atomic mass is 10.2. The van der Waals surface area contributed by atoms with Gasteiger partial charge in [-0.05, 0) is 12.1 Å². The second-order valence-corrected chi connectivity index (χ2v) is 8.71. The van der Waals surface area contributed by atoms with E-state index in [2.05, 4.69) is 0 Å². The van der Waals surface area contributed by atoms with E-state index in [-0.39, 0.29) is 26.6 Å². The van der Waals surface area contributed by atoms with Gasteiger partial charge in [0.05, 0.1) is 5.88 Å². The molecule has 1 aromatic rings. The highest BCUT2D eigenvalue weighted by Crippen LogP contribution is 2.29.